The molecule has 0 fully saturated rings. The SMILES string of the molecule is NCc1ccccc1CC(=O)Nc1c(F)cc(F)cc1Cl. The third-order valence-corrected chi connectivity index (χ3v) is 3.26. The molecule has 0 saturated heterocycles. The van der Waals surface area contributed by atoms with Crippen LogP contribution in [0.25, 0.3) is 0 Å². The predicted molar refractivity (Wildman–Crippen MR) is 78.0 cm³/mol. The van der Waals surface area contributed by atoms with Gasteiger partial charge in [-0.1, -0.05) is 35.9 Å². The molecule has 0 aromatic heterocycles. The second-order valence-electron chi connectivity index (χ2n) is 4.44. The lowest BCUT2D eigenvalue weighted by atomic mass is 10.0. The first-order valence-corrected chi connectivity index (χ1v) is 6.60. The monoisotopic (exact) mass is 310 g/mol. The number of nitrogens with two attached hydrogens (primary N) is 1. The molecule has 0 heterocycles. The van der Waals surface area contributed by atoms with Crippen molar-refractivity contribution >= 4 is 23.2 Å². The van der Waals surface area contributed by atoms with Crippen LogP contribution in [-0.4, -0.2) is 5.91 Å². The molecule has 0 spiro atoms. The zero-order valence-electron chi connectivity index (χ0n) is 11.0. The Balaban J connectivity index is 2.16. The second kappa shape index (κ2) is 6.65. The average Bonchev–Trinajstić information content (AvgIpc) is 2.43. The van der Waals surface area contributed by atoms with Gasteiger partial charge >= 0.3 is 0 Å². The van der Waals surface area contributed by atoms with Crippen molar-refractivity contribution in [1.29, 1.82) is 0 Å². The lowest BCUT2D eigenvalue weighted by Gasteiger charge is -2.10. The molecule has 0 aliphatic carbocycles. The number of carbonyl (C=O) groups excluding carboxylic acids is 1. The molecular formula is C15H13ClF2N2O. The van der Waals surface area contributed by atoms with Crippen LogP contribution >= 0.6 is 11.6 Å². The highest BCUT2D eigenvalue weighted by atomic mass is 35.5. The third kappa shape index (κ3) is 3.77. The maximum atomic E-state index is 13.6. The summed E-state index contributed by atoms with van der Waals surface area (Å²) in [5, 5.41) is 2.17. The maximum absolute atomic E-state index is 13.6. The van der Waals surface area contributed by atoms with E-state index >= 15 is 0 Å². The van der Waals surface area contributed by atoms with Crippen LogP contribution in [0.2, 0.25) is 5.02 Å². The highest BCUT2D eigenvalue weighted by molar-refractivity contribution is 6.33. The first-order chi connectivity index (χ1) is 10.0. The largest absolute Gasteiger partial charge is 0.326 e. The van der Waals surface area contributed by atoms with E-state index in [-0.39, 0.29) is 17.1 Å². The Morgan fingerprint density at radius 1 is 1.19 bits per heavy atom. The Bertz CT molecular complexity index is 653. The molecule has 2 aromatic carbocycles. The normalized spacial score (nSPS) is 10.5. The summed E-state index contributed by atoms with van der Waals surface area (Å²) in [6, 6.07) is 8.79. The summed E-state index contributed by atoms with van der Waals surface area (Å²) in [4.78, 5) is 12.0. The van der Waals surface area contributed by atoms with Crippen molar-refractivity contribution in [2.75, 3.05) is 5.32 Å². The molecule has 0 bridgehead atoms. The molecule has 3 N–H and O–H groups in total. The summed E-state index contributed by atoms with van der Waals surface area (Å²) < 4.78 is 26.5. The van der Waals surface area contributed by atoms with Crippen molar-refractivity contribution in [2.24, 2.45) is 5.73 Å². The summed E-state index contributed by atoms with van der Waals surface area (Å²) >= 11 is 5.73. The molecule has 0 atom stereocenters. The van der Waals surface area contributed by atoms with Crippen LogP contribution in [-0.2, 0) is 17.8 Å². The highest BCUT2D eigenvalue weighted by Crippen LogP contribution is 2.26. The summed E-state index contributed by atoms with van der Waals surface area (Å²) in [6.07, 6.45) is 0.0283. The standard InChI is InChI=1S/C15H13ClF2N2O/c16-12-6-11(17)7-13(18)15(12)20-14(21)5-9-3-1-2-4-10(9)8-19/h1-4,6-7H,5,8,19H2,(H,20,21). The van der Waals surface area contributed by atoms with Crippen molar-refractivity contribution < 1.29 is 13.6 Å². The minimum atomic E-state index is -0.916. The zero-order chi connectivity index (χ0) is 15.4. The van der Waals surface area contributed by atoms with Crippen LogP contribution in [0.1, 0.15) is 11.1 Å². The van der Waals surface area contributed by atoms with Crippen molar-refractivity contribution in [3.05, 3.63) is 64.2 Å². The van der Waals surface area contributed by atoms with Gasteiger partial charge in [0.2, 0.25) is 5.91 Å². The highest BCUT2D eigenvalue weighted by Gasteiger charge is 2.14. The first kappa shape index (κ1) is 15.4. The Morgan fingerprint density at radius 2 is 1.86 bits per heavy atom. The number of benzene rings is 2. The van der Waals surface area contributed by atoms with E-state index in [4.69, 9.17) is 17.3 Å². The smallest absolute Gasteiger partial charge is 0.228 e. The van der Waals surface area contributed by atoms with Crippen molar-refractivity contribution in [3.8, 4) is 0 Å². The number of rotatable bonds is 4. The molecule has 0 aliphatic heterocycles. The summed E-state index contributed by atoms with van der Waals surface area (Å²) in [6.45, 7) is 0.301. The molecule has 21 heavy (non-hydrogen) atoms. The zero-order valence-corrected chi connectivity index (χ0v) is 11.8. The molecule has 3 nitrogen and oxygen atoms in total. The van der Waals surface area contributed by atoms with Crippen LogP contribution in [0.15, 0.2) is 36.4 Å². The first-order valence-electron chi connectivity index (χ1n) is 6.22. The summed E-state index contributed by atoms with van der Waals surface area (Å²) in [7, 11) is 0. The van der Waals surface area contributed by atoms with Crippen LogP contribution in [0.5, 0.6) is 0 Å². The lowest BCUT2D eigenvalue weighted by Crippen LogP contribution is -2.17. The van der Waals surface area contributed by atoms with Gasteiger partial charge in [0.05, 0.1) is 17.1 Å². The van der Waals surface area contributed by atoms with Crippen molar-refractivity contribution in [3.63, 3.8) is 0 Å². The van der Waals surface area contributed by atoms with E-state index in [2.05, 4.69) is 5.32 Å². The van der Waals surface area contributed by atoms with E-state index < -0.39 is 17.5 Å². The molecule has 110 valence electrons. The van der Waals surface area contributed by atoms with Gasteiger partial charge in [0, 0.05) is 12.6 Å². The minimum absolute atomic E-state index is 0.0283. The molecular weight excluding hydrogens is 298 g/mol. The predicted octanol–water partition coefficient (Wildman–Crippen LogP) is 3.26. The van der Waals surface area contributed by atoms with Crippen molar-refractivity contribution in [2.45, 2.75) is 13.0 Å². The summed E-state index contributed by atoms with van der Waals surface area (Å²) in [5.74, 6) is -2.17. The fourth-order valence-corrected chi connectivity index (χ4v) is 2.19. The van der Waals surface area contributed by atoms with Crippen LogP contribution in [0, 0.1) is 11.6 Å². The molecule has 2 rings (SSSR count). The van der Waals surface area contributed by atoms with E-state index in [1.165, 1.54) is 0 Å². The molecule has 0 aliphatic rings. The summed E-state index contributed by atoms with van der Waals surface area (Å²) in [5.41, 5.74) is 6.94. The third-order valence-electron chi connectivity index (χ3n) is 2.96. The van der Waals surface area contributed by atoms with Gasteiger partial charge in [0.1, 0.15) is 5.82 Å². The number of carbonyl (C=O) groups is 1. The Kier molecular flexibility index (Phi) is 4.88. The van der Waals surface area contributed by atoms with E-state index in [9.17, 15) is 13.6 Å². The van der Waals surface area contributed by atoms with Gasteiger partial charge in [0.15, 0.2) is 5.82 Å². The number of amides is 1. The van der Waals surface area contributed by atoms with E-state index in [1.54, 1.807) is 12.1 Å². The molecule has 0 unspecified atom stereocenters. The van der Waals surface area contributed by atoms with Crippen LogP contribution < -0.4 is 11.1 Å². The second-order valence-corrected chi connectivity index (χ2v) is 4.85. The number of hydrogen-bond acceptors (Lipinski definition) is 2. The number of halogens is 3. The van der Waals surface area contributed by atoms with Gasteiger partial charge in [-0.2, -0.15) is 0 Å². The Hall–Kier alpha value is -1.98. The fraction of sp³-hybridized carbons (Fsp3) is 0.133. The van der Waals surface area contributed by atoms with Gasteiger partial charge in [-0.15, -0.1) is 0 Å². The van der Waals surface area contributed by atoms with Gasteiger partial charge in [-0.25, -0.2) is 8.78 Å². The maximum Gasteiger partial charge on any atom is 0.228 e. The number of anilines is 1. The van der Waals surface area contributed by atoms with E-state index in [1.807, 2.05) is 12.1 Å². The molecule has 6 heteroatoms. The van der Waals surface area contributed by atoms with Gasteiger partial charge in [0.25, 0.3) is 0 Å². The average molecular weight is 311 g/mol. The minimum Gasteiger partial charge on any atom is -0.326 e. The Morgan fingerprint density at radius 3 is 2.48 bits per heavy atom. The number of nitrogens with one attached hydrogen (secondary N) is 1. The van der Waals surface area contributed by atoms with Gasteiger partial charge < -0.3 is 11.1 Å². The van der Waals surface area contributed by atoms with Crippen LogP contribution in [0.3, 0.4) is 0 Å². The topological polar surface area (TPSA) is 55.1 Å². The van der Waals surface area contributed by atoms with Crippen molar-refractivity contribution in [1.82, 2.24) is 0 Å². The van der Waals surface area contributed by atoms with Crippen LogP contribution in [0.4, 0.5) is 14.5 Å². The van der Waals surface area contributed by atoms with E-state index in [0.29, 0.717) is 12.6 Å². The van der Waals surface area contributed by atoms with Gasteiger partial charge in [-0.3, -0.25) is 4.79 Å². The fourth-order valence-electron chi connectivity index (χ4n) is 1.95. The Labute approximate surface area is 125 Å². The molecule has 0 radical (unpaired) electrons. The lowest BCUT2D eigenvalue weighted by molar-refractivity contribution is -0.115. The van der Waals surface area contributed by atoms with E-state index in [0.717, 1.165) is 17.2 Å². The number of hydrogen-bond donors (Lipinski definition) is 2. The molecule has 2 aromatic rings. The van der Waals surface area contributed by atoms with Gasteiger partial charge in [-0.05, 0) is 17.2 Å². The quantitative estimate of drug-likeness (QED) is 0.910. The molecule has 0 saturated carbocycles. The molecule has 1 amide bonds.